The molecule has 78 valence electrons. The first kappa shape index (κ1) is 11.5. The van der Waals surface area contributed by atoms with Gasteiger partial charge >= 0.3 is 0 Å². The monoisotopic (exact) mass is 213 g/mol. The number of nitrogens with one attached hydrogen (secondary N) is 1. The summed E-state index contributed by atoms with van der Waals surface area (Å²) in [6.07, 6.45) is 0.804. The van der Waals surface area contributed by atoms with Crippen LogP contribution in [0.15, 0.2) is 30.3 Å². The molecule has 1 saturated heterocycles. The molecule has 0 spiro atoms. The molecule has 2 atom stereocenters. The Morgan fingerprint density at radius 1 is 1.36 bits per heavy atom. The SMILES string of the molecule is CC1NCCC1(O)c1ccccc1.Cl. The largest absolute Gasteiger partial charge is 0.383 e. The predicted molar refractivity (Wildman–Crippen MR) is 59.7 cm³/mol. The van der Waals surface area contributed by atoms with Crippen LogP contribution >= 0.6 is 12.4 Å². The summed E-state index contributed by atoms with van der Waals surface area (Å²) in [5.74, 6) is 0. The van der Waals surface area contributed by atoms with Gasteiger partial charge in [-0.3, -0.25) is 0 Å². The Morgan fingerprint density at radius 2 is 2.00 bits per heavy atom. The first-order chi connectivity index (χ1) is 6.23. The van der Waals surface area contributed by atoms with Crippen molar-refractivity contribution in [3.63, 3.8) is 0 Å². The van der Waals surface area contributed by atoms with Crippen LogP contribution in [0.2, 0.25) is 0 Å². The highest BCUT2D eigenvalue weighted by molar-refractivity contribution is 5.85. The lowest BCUT2D eigenvalue weighted by Crippen LogP contribution is -2.37. The minimum Gasteiger partial charge on any atom is -0.383 e. The number of halogens is 1. The molecule has 1 aromatic carbocycles. The maximum Gasteiger partial charge on any atom is 0.106 e. The number of benzene rings is 1. The van der Waals surface area contributed by atoms with Crippen molar-refractivity contribution in [2.75, 3.05) is 6.54 Å². The zero-order valence-electron chi connectivity index (χ0n) is 8.23. The lowest BCUT2D eigenvalue weighted by Gasteiger charge is -2.27. The van der Waals surface area contributed by atoms with Crippen LogP contribution in [0.4, 0.5) is 0 Å². The summed E-state index contributed by atoms with van der Waals surface area (Å²) >= 11 is 0. The van der Waals surface area contributed by atoms with E-state index < -0.39 is 5.60 Å². The second kappa shape index (κ2) is 4.30. The van der Waals surface area contributed by atoms with E-state index in [9.17, 15) is 5.11 Å². The molecule has 2 rings (SSSR count). The molecule has 3 heteroatoms. The highest BCUT2D eigenvalue weighted by Crippen LogP contribution is 2.31. The molecule has 0 radical (unpaired) electrons. The van der Waals surface area contributed by atoms with Gasteiger partial charge in [0, 0.05) is 6.04 Å². The van der Waals surface area contributed by atoms with E-state index in [2.05, 4.69) is 5.32 Å². The Morgan fingerprint density at radius 3 is 2.50 bits per heavy atom. The summed E-state index contributed by atoms with van der Waals surface area (Å²) in [6.45, 7) is 2.92. The van der Waals surface area contributed by atoms with E-state index in [1.165, 1.54) is 0 Å². The smallest absolute Gasteiger partial charge is 0.106 e. The molecule has 1 aliphatic heterocycles. The van der Waals surface area contributed by atoms with Gasteiger partial charge in [0.15, 0.2) is 0 Å². The number of hydrogen-bond acceptors (Lipinski definition) is 2. The first-order valence-electron chi connectivity index (χ1n) is 4.75. The Balaban J connectivity index is 0.000000980. The predicted octanol–water partition coefficient (Wildman–Crippen LogP) is 1.68. The lowest BCUT2D eigenvalue weighted by atomic mass is 9.88. The quantitative estimate of drug-likeness (QED) is 0.744. The van der Waals surface area contributed by atoms with Crippen molar-refractivity contribution in [3.05, 3.63) is 35.9 Å². The zero-order valence-corrected chi connectivity index (χ0v) is 9.05. The summed E-state index contributed by atoms with van der Waals surface area (Å²) < 4.78 is 0. The molecule has 0 amide bonds. The molecule has 2 N–H and O–H groups in total. The Hall–Kier alpha value is -0.570. The molecule has 2 unspecified atom stereocenters. The second-order valence-electron chi connectivity index (χ2n) is 3.72. The Bertz CT molecular complexity index is 291. The third kappa shape index (κ3) is 1.78. The molecule has 2 nitrogen and oxygen atoms in total. The molecule has 1 aliphatic rings. The van der Waals surface area contributed by atoms with Gasteiger partial charge in [-0.1, -0.05) is 30.3 Å². The molecule has 14 heavy (non-hydrogen) atoms. The molecule has 1 heterocycles. The maximum atomic E-state index is 10.4. The van der Waals surface area contributed by atoms with Gasteiger partial charge in [-0.05, 0) is 25.5 Å². The topological polar surface area (TPSA) is 32.3 Å². The van der Waals surface area contributed by atoms with Crippen LogP contribution < -0.4 is 5.32 Å². The highest BCUT2D eigenvalue weighted by atomic mass is 35.5. The Labute approximate surface area is 90.7 Å². The van der Waals surface area contributed by atoms with E-state index in [1.807, 2.05) is 37.3 Å². The second-order valence-corrected chi connectivity index (χ2v) is 3.72. The van der Waals surface area contributed by atoms with E-state index >= 15 is 0 Å². The van der Waals surface area contributed by atoms with Crippen molar-refractivity contribution < 1.29 is 5.11 Å². The summed E-state index contributed by atoms with van der Waals surface area (Å²) in [5, 5.41) is 13.6. The van der Waals surface area contributed by atoms with E-state index in [4.69, 9.17) is 0 Å². The molecular formula is C11H16ClNO. The molecule has 0 aromatic heterocycles. The minimum atomic E-state index is -0.665. The molecule has 0 aliphatic carbocycles. The van der Waals surface area contributed by atoms with Crippen LogP contribution in [-0.4, -0.2) is 17.7 Å². The van der Waals surface area contributed by atoms with E-state index in [0.29, 0.717) is 0 Å². The van der Waals surface area contributed by atoms with E-state index in [-0.39, 0.29) is 18.4 Å². The van der Waals surface area contributed by atoms with Crippen molar-refractivity contribution >= 4 is 12.4 Å². The molecular weight excluding hydrogens is 198 g/mol. The Kier molecular flexibility index (Phi) is 3.53. The van der Waals surface area contributed by atoms with Crippen molar-refractivity contribution in [2.45, 2.75) is 25.0 Å². The van der Waals surface area contributed by atoms with Gasteiger partial charge in [0.2, 0.25) is 0 Å². The van der Waals surface area contributed by atoms with Gasteiger partial charge in [-0.25, -0.2) is 0 Å². The first-order valence-corrected chi connectivity index (χ1v) is 4.75. The normalized spacial score (nSPS) is 31.1. The fourth-order valence-corrected chi connectivity index (χ4v) is 1.99. The zero-order chi connectivity index (χ0) is 9.31. The van der Waals surface area contributed by atoms with Gasteiger partial charge < -0.3 is 10.4 Å². The number of hydrogen-bond donors (Lipinski definition) is 2. The van der Waals surface area contributed by atoms with E-state index in [1.54, 1.807) is 0 Å². The van der Waals surface area contributed by atoms with Gasteiger partial charge in [0.05, 0.1) is 0 Å². The molecule has 0 bridgehead atoms. The van der Waals surface area contributed by atoms with Crippen LogP contribution in [-0.2, 0) is 5.60 Å². The van der Waals surface area contributed by atoms with Crippen LogP contribution in [0.25, 0.3) is 0 Å². The van der Waals surface area contributed by atoms with Gasteiger partial charge in [-0.15, -0.1) is 12.4 Å². The summed E-state index contributed by atoms with van der Waals surface area (Å²) in [4.78, 5) is 0. The van der Waals surface area contributed by atoms with Crippen LogP contribution in [0.3, 0.4) is 0 Å². The van der Waals surface area contributed by atoms with Gasteiger partial charge in [-0.2, -0.15) is 0 Å². The van der Waals surface area contributed by atoms with Gasteiger partial charge in [0.25, 0.3) is 0 Å². The lowest BCUT2D eigenvalue weighted by molar-refractivity contribution is 0.0293. The third-order valence-corrected chi connectivity index (χ3v) is 2.95. The van der Waals surface area contributed by atoms with Crippen molar-refractivity contribution in [2.24, 2.45) is 0 Å². The average molecular weight is 214 g/mol. The number of aliphatic hydroxyl groups is 1. The van der Waals surface area contributed by atoms with Crippen LogP contribution in [0.1, 0.15) is 18.9 Å². The summed E-state index contributed by atoms with van der Waals surface area (Å²) in [6, 6.07) is 10.0. The highest BCUT2D eigenvalue weighted by Gasteiger charge is 2.39. The third-order valence-electron chi connectivity index (χ3n) is 2.95. The van der Waals surface area contributed by atoms with Crippen LogP contribution in [0, 0.1) is 0 Å². The van der Waals surface area contributed by atoms with Crippen molar-refractivity contribution in [1.82, 2.24) is 5.32 Å². The van der Waals surface area contributed by atoms with Crippen LogP contribution in [0.5, 0.6) is 0 Å². The minimum absolute atomic E-state index is 0. The van der Waals surface area contributed by atoms with Crippen molar-refractivity contribution in [1.29, 1.82) is 0 Å². The molecule has 0 saturated carbocycles. The fourth-order valence-electron chi connectivity index (χ4n) is 1.99. The number of rotatable bonds is 1. The molecule has 1 fully saturated rings. The average Bonchev–Trinajstić information content (AvgIpc) is 2.50. The fraction of sp³-hybridized carbons (Fsp3) is 0.455. The summed E-state index contributed by atoms with van der Waals surface area (Å²) in [5.41, 5.74) is 0.355. The van der Waals surface area contributed by atoms with E-state index in [0.717, 1.165) is 18.5 Å². The summed E-state index contributed by atoms with van der Waals surface area (Å²) in [7, 11) is 0. The standard InChI is InChI=1S/C11H15NO.ClH/c1-9-11(13,7-8-12-9)10-5-3-2-4-6-10;/h2-6,9,12-13H,7-8H2,1H3;1H. The molecule has 1 aromatic rings. The van der Waals surface area contributed by atoms with Crippen molar-refractivity contribution in [3.8, 4) is 0 Å². The van der Waals surface area contributed by atoms with Gasteiger partial charge in [0.1, 0.15) is 5.60 Å². The maximum absolute atomic E-state index is 10.4.